The molecule has 2 bridgehead atoms. The Morgan fingerprint density at radius 3 is 2.23 bits per heavy atom. The smallest absolute Gasteiger partial charge is 0.244 e. The summed E-state index contributed by atoms with van der Waals surface area (Å²) in [5.41, 5.74) is 0.476. The van der Waals surface area contributed by atoms with E-state index >= 15 is 0 Å². The molecule has 0 unspecified atom stereocenters. The quantitative estimate of drug-likeness (QED) is 0.637. The predicted molar refractivity (Wildman–Crippen MR) is 96.5 cm³/mol. The Hall–Kier alpha value is -1.85. The second kappa shape index (κ2) is 5.57. The van der Waals surface area contributed by atoms with E-state index in [-0.39, 0.29) is 42.0 Å². The van der Waals surface area contributed by atoms with Crippen molar-refractivity contribution in [3.05, 3.63) is 40.4 Å². The number of benzene rings is 1. The molecular formula is C19H16Cl2N2O3. The molecule has 5 nitrogen and oxygen atoms in total. The largest absolute Gasteiger partial charge is 0.324 e. The number of hydrogen-bond donors (Lipinski definition) is 1. The number of halogens is 2. The third-order valence-corrected chi connectivity index (χ3v) is 7.00. The molecule has 1 saturated heterocycles. The number of rotatable bonds is 3. The first kappa shape index (κ1) is 16.3. The minimum absolute atomic E-state index is 0.162. The lowest BCUT2D eigenvalue weighted by Gasteiger charge is -2.37. The zero-order valence-corrected chi connectivity index (χ0v) is 15.2. The number of carbonyl (C=O) groups is 3. The van der Waals surface area contributed by atoms with E-state index in [1.807, 2.05) is 0 Å². The van der Waals surface area contributed by atoms with Crippen molar-refractivity contribution in [1.82, 2.24) is 4.90 Å². The number of carbonyl (C=O) groups excluding carboxylic acids is 3. The van der Waals surface area contributed by atoms with Crippen LogP contribution in [-0.2, 0) is 14.4 Å². The van der Waals surface area contributed by atoms with Gasteiger partial charge in [0, 0.05) is 5.69 Å². The van der Waals surface area contributed by atoms with Gasteiger partial charge in [-0.2, -0.15) is 0 Å². The van der Waals surface area contributed by atoms with E-state index in [0.717, 1.165) is 11.3 Å². The highest BCUT2D eigenvalue weighted by Gasteiger charge is 2.67. The zero-order valence-electron chi connectivity index (χ0n) is 13.7. The van der Waals surface area contributed by atoms with Gasteiger partial charge in [-0.15, -0.1) is 0 Å². The molecule has 7 heteroatoms. The summed E-state index contributed by atoms with van der Waals surface area (Å²) in [6, 6.07) is 4.74. The van der Waals surface area contributed by atoms with Gasteiger partial charge in [-0.25, -0.2) is 0 Å². The summed E-state index contributed by atoms with van der Waals surface area (Å²) in [6.07, 6.45) is 5.35. The van der Waals surface area contributed by atoms with Crippen LogP contribution in [-0.4, -0.2) is 29.2 Å². The van der Waals surface area contributed by atoms with Gasteiger partial charge >= 0.3 is 0 Å². The van der Waals surface area contributed by atoms with E-state index in [9.17, 15) is 14.4 Å². The summed E-state index contributed by atoms with van der Waals surface area (Å²) in [5, 5.41) is 3.38. The fraction of sp³-hybridized carbons (Fsp3) is 0.421. The molecular weight excluding hydrogens is 375 g/mol. The first-order valence-electron chi connectivity index (χ1n) is 8.74. The number of imide groups is 1. The molecule has 4 aliphatic carbocycles. The fourth-order valence-electron chi connectivity index (χ4n) is 5.09. The van der Waals surface area contributed by atoms with Crippen molar-refractivity contribution in [2.75, 3.05) is 11.9 Å². The van der Waals surface area contributed by atoms with E-state index in [1.54, 1.807) is 12.1 Å². The Morgan fingerprint density at radius 1 is 1.04 bits per heavy atom. The summed E-state index contributed by atoms with van der Waals surface area (Å²) in [4.78, 5) is 39.2. The minimum Gasteiger partial charge on any atom is -0.324 e. The number of likely N-dealkylation sites (tertiary alicyclic amines) is 1. The lowest BCUT2D eigenvalue weighted by Crippen LogP contribution is -2.40. The fourth-order valence-corrected chi connectivity index (χ4v) is 5.39. The van der Waals surface area contributed by atoms with Crippen molar-refractivity contribution in [1.29, 1.82) is 0 Å². The standard InChI is InChI=1S/C19H16Cl2N2O3/c20-13-4-1-8(5-14(13)21)22-15(24)7-23-18(25)16-9-2-3-10(12-6-11(9)12)17(16)19(23)26/h1-5,9-12,16-17H,6-7H2,(H,22,24)/t9-,10-,11-,12-,16-,17+/m0/s1. The molecule has 0 radical (unpaired) electrons. The molecule has 6 rings (SSSR count). The van der Waals surface area contributed by atoms with Crippen molar-refractivity contribution >= 4 is 46.6 Å². The Morgan fingerprint density at radius 2 is 1.65 bits per heavy atom. The second-order valence-corrected chi connectivity index (χ2v) is 8.41. The lowest BCUT2D eigenvalue weighted by atomic mass is 9.63. The van der Waals surface area contributed by atoms with Gasteiger partial charge in [-0.1, -0.05) is 35.4 Å². The third-order valence-electron chi connectivity index (χ3n) is 6.26. The average Bonchev–Trinajstić information content (AvgIpc) is 3.39. The van der Waals surface area contributed by atoms with Gasteiger partial charge in [0.1, 0.15) is 6.54 Å². The molecule has 3 fully saturated rings. The number of allylic oxidation sites excluding steroid dienone is 2. The molecule has 1 N–H and O–H groups in total. The molecule has 134 valence electrons. The Balaban J connectivity index is 1.32. The topological polar surface area (TPSA) is 66.5 Å². The molecule has 1 aromatic rings. The van der Waals surface area contributed by atoms with E-state index < -0.39 is 5.91 Å². The Kier molecular flexibility index (Phi) is 3.50. The molecule has 1 aromatic carbocycles. The average molecular weight is 391 g/mol. The molecule has 26 heavy (non-hydrogen) atoms. The van der Waals surface area contributed by atoms with Gasteiger partial charge in [-0.3, -0.25) is 19.3 Å². The molecule has 0 aromatic heterocycles. The van der Waals surface area contributed by atoms with Gasteiger partial charge in [0.2, 0.25) is 17.7 Å². The van der Waals surface area contributed by atoms with Gasteiger partial charge in [-0.05, 0) is 48.3 Å². The zero-order chi connectivity index (χ0) is 18.2. The number of anilines is 1. The van der Waals surface area contributed by atoms with E-state index in [4.69, 9.17) is 23.2 Å². The third kappa shape index (κ3) is 2.26. The molecule has 0 spiro atoms. The molecule has 5 aliphatic rings. The van der Waals surface area contributed by atoms with Crippen LogP contribution in [0.15, 0.2) is 30.4 Å². The van der Waals surface area contributed by atoms with Gasteiger partial charge in [0.25, 0.3) is 0 Å². The Bertz CT molecular complexity index is 848. The lowest BCUT2D eigenvalue weighted by molar-refractivity contribution is -0.142. The van der Waals surface area contributed by atoms with Gasteiger partial charge in [0.05, 0.1) is 21.9 Å². The van der Waals surface area contributed by atoms with Crippen LogP contribution < -0.4 is 5.32 Å². The number of hydrogen-bond acceptors (Lipinski definition) is 3. The summed E-state index contributed by atoms with van der Waals surface area (Å²) in [5.74, 6) is 0.0420. The minimum atomic E-state index is -0.422. The molecule has 2 saturated carbocycles. The SMILES string of the molecule is O=C(CN1C(=O)[C@@H]2[C@H]3C=C[C@@H]([C@@H]4C[C@@H]34)[C@@H]2C1=O)Nc1ccc(Cl)c(Cl)c1. The highest BCUT2D eigenvalue weighted by molar-refractivity contribution is 6.42. The monoisotopic (exact) mass is 390 g/mol. The maximum absolute atomic E-state index is 12.8. The van der Waals surface area contributed by atoms with Crippen LogP contribution >= 0.6 is 23.2 Å². The van der Waals surface area contributed by atoms with Crippen LogP contribution in [0.2, 0.25) is 10.0 Å². The summed E-state index contributed by atoms with van der Waals surface area (Å²) < 4.78 is 0. The van der Waals surface area contributed by atoms with E-state index in [2.05, 4.69) is 17.5 Å². The van der Waals surface area contributed by atoms with Gasteiger partial charge in [0.15, 0.2) is 0 Å². The number of nitrogens with one attached hydrogen (secondary N) is 1. The maximum Gasteiger partial charge on any atom is 0.244 e. The van der Waals surface area contributed by atoms with Crippen LogP contribution in [0.25, 0.3) is 0 Å². The Labute approximate surface area is 160 Å². The second-order valence-electron chi connectivity index (χ2n) is 7.59. The molecule has 3 amide bonds. The summed E-state index contributed by atoms with van der Waals surface area (Å²) >= 11 is 11.8. The number of amides is 3. The van der Waals surface area contributed by atoms with Crippen molar-refractivity contribution in [2.24, 2.45) is 35.5 Å². The molecule has 1 aliphatic heterocycles. The first-order chi connectivity index (χ1) is 12.5. The van der Waals surface area contributed by atoms with Crippen molar-refractivity contribution in [3.63, 3.8) is 0 Å². The maximum atomic E-state index is 12.8. The summed E-state index contributed by atoms with van der Waals surface area (Å²) in [6.45, 7) is -0.264. The molecule has 6 atom stereocenters. The molecule has 1 heterocycles. The van der Waals surface area contributed by atoms with Crippen LogP contribution in [0.1, 0.15) is 6.42 Å². The first-order valence-corrected chi connectivity index (χ1v) is 9.50. The highest BCUT2D eigenvalue weighted by atomic mass is 35.5. The predicted octanol–water partition coefficient (Wildman–Crippen LogP) is 2.99. The normalized spacial score (nSPS) is 36.2. The summed E-state index contributed by atoms with van der Waals surface area (Å²) in [7, 11) is 0. The van der Waals surface area contributed by atoms with Crippen LogP contribution in [0.4, 0.5) is 5.69 Å². The van der Waals surface area contributed by atoms with Crippen LogP contribution in [0.5, 0.6) is 0 Å². The highest BCUT2D eigenvalue weighted by Crippen LogP contribution is 2.65. The number of nitrogens with zero attached hydrogens (tertiary/aromatic N) is 1. The van der Waals surface area contributed by atoms with Crippen molar-refractivity contribution < 1.29 is 14.4 Å². The van der Waals surface area contributed by atoms with Gasteiger partial charge < -0.3 is 5.32 Å². The van der Waals surface area contributed by atoms with E-state index in [0.29, 0.717) is 27.6 Å². The van der Waals surface area contributed by atoms with Crippen LogP contribution in [0, 0.1) is 35.5 Å². The van der Waals surface area contributed by atoms with Crippen molar-refractivity contribution in [3.8, 4) is 0 Å². The van der Waals surface area contributed by atoms with E-state index in [1.165, 1.54) is 6.07 Å². The van der Waals surface area contributed by atoms with Crippen molar-refractivity contribution in [2.45, 2.75) is 6.42 Å². The van der Waals surface area contributed by atoms with Crippen LogP contribution in [0.3, 0.4) is 0 Å².